The smallest absolute Gasteiger partial charge is 0.317 e. The van der Waals surface area contributed by atoms with Gasteiger partial charge in [0.2, 0.25) is 0 Å². The molecule has 31 heavy (non-hydrogen) atoms. The summed E-state index contributed by atoms with van der Waals surface area (Å²) >= 11 is 3.45. The van der Waals surface area contributed by atoms with Crippen molar-refractivity contribution in [3.8, 4) is 0 Å². The van der Waals surface area contributed by atoms with E-state index >= 15 is 0 Å². The monoisotopic (exact) mass is 477 g/mol. The van der Waals surface area contributed by atoms with Gasteiger partial charge in [-0.25, -0.2) is 4.79 Å². The van der Waals surface area contributed by atoms with Crippen molar-refractivity contribution in [2.45, 2.75) is 12.5 Å². The van der Waals surface area contributed by atoms with Crippen molar-refractivity contribution in [3.63, 3.8) is 0 Å². The molecule has 2 amide bonds. The Labute approximate surface area is 193 Å². The van der Waals surface area contributed by atoms with Gasteiger partial charge in [0, 0.05) is 37.2 Å². The quantitative estimate of drug-likeness (QED) is 0.535. The minimum absolute atomic E-state index is 0.0349. The number of hydrogen-bond donors (Lipinski definition) is 1. The average Bonchev–Trinajstić information content (AvgIpc) is 2.82. The van der Waals surface area contributed by atoms with Gasteiger partial charge in [0.25, 0.3) is 0 Å². The first kappa shape index (κ1) is 21.6. The number of amides is 2. The molecule has 3 aromatic rings. The van der Waals surface area contributed by atoms with Gasteiger partial charge in [-0.1, -0.05) is 88.7 Å². The number of carbonyl (C=O) groups excluding carboxylic acids is 1. The zero-order valence-electron chi connectivity index (χ0n) is 17.6. The fourth-order valence-electron chi connectivity index (χ4n) is 4.14. The number of rotatable bonds is 6. The van der Waals surface area contributed by atoms with Crippen LogP contribution in [0.1, 0.15) is 22.7 Å². The Morgan fingerprint density at radius 3 is 1.90 bits per heavy atom. The number of urea groups is 1. The van der Waals surface area contributed by atoms with Crippen molar-refractivity contribution in [2.24, 2.45) is 0 Å². The summed E-state index contributed by atoms with van der Waals surface area (Å²) in [6.07, 6.45) is 0.836. The third-order valence-corrected chi connectivity index (χ3v) is 6.33. The van der Waals surface area contributed by atoms with Gasteiger partial charge in [0.1, 0.15) is 0 Å². The molecule has 0 saturated carbocycles. The molecule has 0 spiro atoms. The molecule has 1 heterocycles. The normalized spacial score (nSPS) is 14.6. The SMILES string of the molecule is O=C(NCCc1ccc(Br)cc1)N1CCN(C(c2ccccc2)c2ccccc2)CC1. The second-order valence-corrected chi connectivity index (χ2v) is 8.77. The van der Waals surface area contributed by atoms with Gasteiger partial charge < -0.3 is 10.2 Å². The van der Waals surface area contributed by atoms with E-state index in [2.05, 4.69) is 98.9 Å². The van der Waals surface area contributed by atoms with E-state index in [0.29, 0.717) is 6.54 Å². The third-order valence-electron chi connectivity index (χ3n) is 5.80. The van der Waals surface area contributed by atoms with Crippen molar-refractivity contribution in [3.05, 3.63) is 106 Å². The third kappa shape index (κ3) is 5.75. The predicted molar refractivity (Wildman–Crippen MR) is 129 cm³/mol. The highest BCUT2D eigenvalue weighted by Gasteiger charge is 2.27. The predicted octanol–water partition coefficient (Wildman–Crippen LogP) is 5.11. The van der Waals surface area contributed by atoms with Gasteiger partial charge in [0.15, 0.2) is 0 Å². The van der Waals surface area contributed by atoms with Crippen molar-refractivity contribution < 1.29 is 4.79 Å². The molecule has 0 unspecified atom stereocenters. The summed E-state index contributed by atoms with van der Waals surface area (Å²) in [6, 6.07) is 29.8. The molecular weight excluding hydrogens is 450 g/mol. The van der Waals surface area contributed by atoms with Gasteiger partial charge in [-0.3, -0.25) is 4.90 Å². The summed E-state index contributed by atoms with van der Waals surface area (Å²) in [7, 11) is 0. The van der Waals surface area contributed by atoms with Gasteiger partial charge in [-0.15, -0.1) is 0 Å². The molecule has 0 aromatic heterocycles. The Morgan fingerprint density at radius 1 is 0.806 bits per heavy atom. The van der Waals surface area contributed by atoms with Crippen LogP contribution in [-0.4, -0.2) is 48.6 Å². The molecule has 3 aromatic carbocycles. The summed E-state index contributed by atoms with van der Waals surface area (Å²) in [5, 5.41) is 3.08. The Balaban J connectivity index is 1.33. The summed E-state index contributed by atoms with van der Waals surface area (Å²) < 4.78 is 1.07. The number of nitrogens with zero attached hydrogens (tertiary/aromatic N) is 2. The number of hydrogen-bond acceptors (Lipinski definition) is 2. The molecule has 4 nitrogen and oxygen atoms in total. The van der Waals surface area contributed by atoms with Crippen molar-refractivity contribution >= 4 is 22.0 Å². The van der Waals surface area contributed by atoms with Crippen LogP contribution in [-0.2, 0) is 6.42 Å². The molecule has 1 saturated heterocycles. The van der Waals surface area contributed by atoms with Crippen molar-refractivity contribution in [1.82, 2.24) is 15.1 Å². The average molecular weight is 478 g/mol. The fourth-order valence-corrected chi connectivity index (χ4v) is 4.41. The van der Waals surface area contributed by atoms with E-state index in [9.17, 15) is 4.79 Å². The van der Waals surface area contributed by atoms with E-state index < -0.39 is 0 Å². The van der Waals surface area contributed by atoms with Crippen LogP contribution in [0.4, 0.5) is 4.79 Å². The molecule has 1 N–H and O–H groups in total. The molecule has 0 aliphatic carbocycles. The molecule has 160 valence electrons. The van der Waals surface area contributed by atoms with Crippen molar-refractivity contribution in [1.29, 1.82) is 0 Å². The van der Waals surface area contributed by atoms with Crippen molar-refractivity contribution in [2.75, 3.05) is 32.7 Å². The maximum absolute atomic E-state index is 12.6. The Bertz CT molecular complexity index is 915. The van der Waals surface area contributed by atoms with E-state index in [4.69, 9.17) is 0 Å². The molecule has 5 heteroatoms. The highest BCUT2D eigenvalue weighted by molar-refractivity contribution is 9.10. The number of benzene rings is 3. The standard InChI is InChI=1S/C26H28BrN3O/c27-24-13-11-21(12-14-24)15-16-28-26(31)30-19-17-29(18-20-30)25(22-7-3-1-4-8-22)23-9-5-2-6-10-23/h1-14,25H,15-20H2,(H,28,31). The lowest BCUT2D eigenvalue weighted by Crippen LogP contribution is -2.52. The van der Waals surface area contributed by atoms with Crippen LogP contribution in [0.5, 0.6) is 0 Å². The molecule has 1 fully saturated rings. The second kappa shape index (κ2) is 10.6. The zero-order valence-corrected chi connectivity index (χ0v) is 19.2. The van der Waals surface area contributed by atoms with Gasteiger partial charge in [-0.2, -0.15) is 0 Å². The van der Waals surface area contributed by atoms with Crippen LogP contribution < -0.4 is 5.32 Å². The molecule has 1 aliphatic rings. The first-order valence-corrected chi connectivity index (χ1v) is 11.6. The van der Waals surface area contributed by atoms with Crippen LogP contribution in [0.15, 0.2) is 89.4 Å². The van der Waals surface area contributed by atoms with Gasteiger partial charge >= 0.3 is 6.03 Å². The largest absolute Gasteiger partial charge is 0.338 e. The molecular formula is C26H28BrN3O. The van der Waals surface area contributed by atoms with E-state index in [-0.39, 0.29) is 12.1 Å². The topological polar surface area (TPSA) is 35.6 Å². The lowest BCUT2D eigenvalue weighted by Gasteiger charge is -2.39. The minimum Gasteiger partial charge on any atom is -0.338 e. The van der Waals surface area contributed by atoms with E-state index in [0.717, 1.165) is 37.1 Å². The summed E-state index contributed by atoms with van der Waals surface area (Å²) in [5.41, 5.74) is 3.81. The van der Waals surface area contributed by atoms with Crippen LogP contribution >= 0.6 is 15.9 Å². The molecule has 4 rings (SSSR count). The zero-order chi connectivity index (χ0) is 21.5. The number of halogens is 1. The van der Waals surface area contributed by atoms with Crippen LogP contribution in [0.2, 0.25) is 0 Å². The van der Waals surface area contributed by atoms with E-state index in [1.54, 1.807) is 0 Å². The molecule has 0 bridgehead atoms. The molecule has 0 atom stereocenters. The fraction of sp³-hybridized carbons (Fsp3) is 0.269. The van der Waals surface area contributed by atoms with Crippen LogP contribution in [0.25, 0.3) is 0 Å². The minimum atomic E-state index is 0.0349. The maximum atomic E-state index is 12.6. The number of nitrogens with one attached hydrogen (secondary N) is 1. The van der Waals surface area contributed by atoms with E-state index in [1.807, 2.05) is 17.0 Å². The van der Waals surface area contributed by atoms with Gasteiger partial charge in [0.05, 0.1) is 6.04 Å². The molecule has 0 radical (unpaired) electrons. The van der Waals surface area contributed by atoms with Crippen LogP contribution in [0, 0.1) is 0 Å². The summed E-state index contributed by atoms with van der Waals surface area (Å²) in [5.74, 6) is 0. The number of piperazine rings is 1. The lowest BCUT2D eigenvalue weighted by molar-refractivity contribution is 0.120. The number of carbonyl (C=O) groups is 1. The van der Waals surface area contributed by atoms with E-state index in [1.165, 1.54) is 16.7 Å². The lowest BCUT2D eigenvalue weighted by atomic mass is 9.96. The molecule has 1 aliphatic heterocycles. The maximum Gasteiger partial charge on any atom is 0.317 e. The summed E-state index contributed by atoms with van der Waals surface area (Å²) in [6.45, 7) is 3.83. The first-order chi connectivity index (χ1) is 15.2. The Morgan fingerprint density at radius 2 is 1.35 bits per heavy atom. The second-order valence-electron chi connectivity index (χ2n) is 7.86. The first-order valence-electron chi connectivity index (χ1n) is 10.8. The Kier molecular flexibility index (Phi) is 7.39. The van der Waals surface area contributed by atoms with Gasteiger partial charge in [-0.05, 0) is 35.2 Å². The highest BCUT2D eigenvalue weighted by atomic mass is 79.9. The van der Waals surface area contributed by atoms with Crippen LogP contribution in [0.3, 0.4) is 0 Å². The highest BCUT2D eigenvalue weighted by Crippen LogP contribution is 2.29. The summed E-state index contributed by atoms with van der Waals surface area (Å²) in [4.78, 5) is 17.1. The Hall–Kier alpha value is -2.63.